The normalized spacial score (nSPS) is 11.8. The van der Waals surface area contributed by atoms with E-state index < -0.39 is 11.0 Å². The molecule has 0 aliphatic rings. The Hall–Kier alpha value is -2.49. The fraction of sp³-hybridized carbons (Fsp3) is 0.133. The van der Waals surface area contributed by atoms with Crippen molar-refractivity contribution >= 4 is 5.78 Å². The first kappa shape index (κ1) is 13.0. The summed E-state index contributed by atoms with van der Waals surface area (Å²) in [5, 5.41) is 11.1. The van der Waals surface area contributed by atoms with Crippen LogP contribution in [-0.4, -0.2) is 10.7 Å². The van der Waals surface area contributed by atoms with Gasteiger partial charge in [-0.15, -0.1) is 0 Å². The molecule has 0 saturated heterocycles. The number of Topliss-reactive ketones (excluding diaryl/α,β-unsaturated/α-hetero) is 1. The number of benzene rings is 2. The van der Waals surface area contributed by atoms with Crippen molar-refractivity contribution in [3.8, 4) is 0 Å². The van der Waals surface area contributed by atoms with Crippen LogP contribution in [0.2, 0.25) is 0 Å². The first-order valence-electron chi connectivity index (χ1n) is 5.95. The maximum absolute atomic E-state index is 12.0. The molecule has 0 spiro atoms. The molecule has 4 nitrogen and oxygen atoms in total. The van der Waals surface area contributed by atoms with Crippen LogP contribution in [0, 0.1) is 10.1 Å². The maximum atomic E-state index is 12.0. The van der Waals surface area contributed by atoms with E-state index in [0.29, 0.717) is 11.1 Å². The van der Waals surface area contributed by atoms with Gasteiger partial charge in [-0.3, -0.25) is 14.9 Å². The van der Waals surface area contributed by atoms with Gasteiger partial charge in [0.05, 0.1) is 6.42 Å². The summed E-state index contributed by atoms with van der Waals surface area (Å²) in [5.74, 6) is -0.217. The van der Waals surface area contributed by atoms with Crippen molar-refractivity contribution in [3.05, 3.63) is 81.9 Å². The van der Waals surface area contributed by atoms with Crippen LogP contribution < -0.4 is 0 Å². The zero-order chi connectivity index (χ0) is 13.7. The monoisotopic (exact) mass is 255 g/mol. The average molecular weight is 255 g/mol. The van der Waals surface area contributed by atoms with Crippen LogP contribution >= 0.6 is 0 Å². The highest BCUT2D eigenvalue weighted by Crippen LogP contribution is 2.22. The van der Waals surface area contributed by atoms with Gasteiger partial charge in [0.1, 0.15) is 0 Å². The molecule has 2 rings (SSSR count). The van der Waals surface area contributed by atoms with Gasteiger partial charge in [-0.1, -0.05) is 60.7 Å². The molecule has 0 amide bonds. The lowest BCUT2D eigenvalue weighted by molar-refractivity contribution is -0.527. The summed E-state index contributed by atoms with van der Waals surface area (Å²) in [6.07, 6.45) is -0.124. The Morgan fingerprint density at radius 1 is 1.00 bits per heavy atom. The third-order valence-corrected chi connectivity index (χ3v) is 2.91. The van der Waals surface area contributed by atoms with Gasteiger partial charge in [0.2, 0.25) is 6.04 Å². The fourth-order valence-corrected chi connectivity index (χ4v) is 1.91. The molecule has 96 valence electrons. The summed E-state index contributed by atoms with van der Waals surface area (Å²) >= 11 is 0. The second-order valence-corrected chi connectivity index (χ2v) is 4.21. The van der Waals surface area contributed by atoms with Crippen molar-refractivity contribution in [2.24, 2.45) is 0 Å². The fourth-order valence-electron chi connectivity index (χ4n) is 1.91. The second-order valence-electron chi connectivity index (χ2n) is 4.21. The molecule has 2 aromatic carbocycles. The van der Waals surface area contributed by atoms with Crippen LogP contribution in [0.25, 0.3) is 0 Å². The number of ketones is 1. The number of carbonyl (C=O) groups excluding carboxylic acids is 1. The molecule has 1 atom stereocenters. The quantitative estimate of drug-likeness (QED) is 0.468. The van der Waals surface area contributed by atoms with Crippen LogP contribution in [0.15, 0.2) is 60.7 Å². The third-order valence-electron chi connectivity index (χ3n) is 2.91. The molecule has 0 N–H and O–H groups in total. The van der Waals surface area contributed by atoms with Crippen LogP contribution in [-0.2, 0) is 0 Å². The molecule has 0 heterocycles. The lowest BCUT2D eigenvalue weighted by Crippen LogP contribution is -2.15. The van der Waals surface area contributed by atoms with E-state index in [-0.39, 0.29) is 12.2 Å². The molecule has 0 radical (unpaired) electrons. The van der Waals surface area contributed by atoms with E-state index in [0.717, 1.165) is 0 Å². The molecule has 0 aliphatic carbocycles. The standard InChI is InChI=1S/C15H13NO3/c17-15(13-9-5-2-6-10-13)11-14(16(18)19)12-7-3-1-4-8-12/h1-10,14H,11H2. The Kier molecular flexibility index (Phi) is 4.03. The first-order valence-corrected chi connectivity index (χ1v) is 5.95. The molecule has 0 bridgehead atoms. The Labute approximate surface area is 110 Å². The molecular formula is C15H13NO3. The lowest BCUT2D eigenvalue weighted by atomic mass is 9.98. The van der Waals surface area contributed by atoms with Gasteiger partial charge in [-0.2, -0.15) is 0 Å². The highest BCUT2D eigenvalue weighted by atomic mass is 16.6. The van der Waals surface area contributed by atoms with Gasteiger partial charge < -0.3 is 0 Å². The van der Waals surface area contributed by atoms with E-state index in [1.165, 1.54) is 0 Å². The number of nitrogens with zero attached hydrogens (tertiary/aromatic N) is 1. The summed E-state index contributed by atoms with van der Waals surface area (Å²) in [4.78, 5) is 22.7. The molecular weight excluding hydrogens is 242 g/mol. The third kappa shape index (κ3) is 3.25. The Balaban J connectivity index is 2.19. The molecule has 0 saturated carbocycles. The highest BCUT2D eigenvalue weighted by Gasteiger charge is 2.26. The van der Waals surface area contributed by atoms with Crippen molar-refractivity contribution in [3.63, 3.8) is 0 Å². The van der Waals surface area contributed by atoms with E-state index in [2.05, 4.69) is 0 Å². The number of rotatable bonds is 5. The minimum atomic E-state index is -0.992. The predicted molar refractivity (Wildman–Crippen MR) is 71.6 cm³/mol. The van der Waals surface area contributed by atoms with Crippen LogP contribution in [0.5, 0.6) is 0 Å². The zero-order valence-electron chi connectivity index (χ0n) is 10.2. The lowest BCUT2D eigenvalue weighted by Gasteiger charge is -2.09. The smallest absolute Gasteiger partial charge is 0.245 e. The number of hydrogen-bond acceptors (Lipinski definition) is 3. The molecule has 0 fully saturated rings. The molecule has 0 aromatic heterocycles. The molecule has 19 heavy (non-hydrogen) atoms. The topological polar surface area (TPSA) is 60.2 Å². The molecule has 2 aromatic rings. The molecule has 0 aliphatic heterocycles. The van der Waals surface area contributed by atoms with E-state index in [4.69, 9.17) is 0 Å². The SMILES string of the molecule is O=C(CC(c1ccccc1)[N+](=O)[O-])c1ccccc1. The Bertz CT molecular complexity index is 566. The Morgan fingerprint density at radius 2 is 1.53 bits per heavy atom. The largest absolute Gasteiger partial charge is 0.294 e. The van der Waals surface area contributed by atoms with Crippen LogP contribution in [0.3, 0.4) is 0 Å². The van der Waals surface area contributed by atoms with Crippen LogP contribution in [0.1, 0.15) is 28.4 Å². The minimum absolute atomic E-state index is 0.124. The predicted octanol–water partition coefficient (Wildman–Crippen LogP) is 3.28. The molecule has 1 unspecified atom stereocenters. The summed E-state index contributed by atoms with van der Waals surface area (Å²) in [5.41, 5.74) is 1.06. The maximum Gasteiger partial charge on any atom is 0.245 e. The van der Waals surface area contributed by atoms with Gasteiger partial charge >= 0.3 is 0 Å². The van der Waals surface area contributed by atoms with Gasteiger partial charge in [0.15, 0.2) is 5.78 Å². The van der Waals surface area contributed by atoms with E-state index in [1.54, 1.807) is 60.7 Å². The first-order chi connectivity index (χ1) is 9.18. The van der Waals surface area contributed by atoms with E-state index in [9.17, 15) is 14.9 Å². The van der Waals surface area contributed by atoms with Crippen LogP contribution in [0.4, 0.5) is 0 Å². The summed E-state index contributed by atoms with van der Waals surface area (Å²) in [6.45, 7) is 0. The number of carbonyl (C=O) groups is 1. The minimum Gasteiger partial charge on any atom is -0.294 e. The average Bonchev–Trinajstić information content (AvgIpc) is 2.46. The van der Waals surface area contributed by atoms with Crippen molar-refractivity contribution in [2.45, 2.75) is 12.5 Å². The van der Waals surface area contributed by atoms with Gasteiger partial charge in [-0.25, -0.2) is 0 Å². The van der Waals surface area contributed by atoms with E-state index >= 15 is 0 Å². The second kappa shape index (κ2) is 5.91. The summed E-state index contributed by atoms with van der Waals surface area (Å²) < 4.78 is 0. The summed E-state index contributed by atoms with van der Waals surface area (Å²) in [7, 11) is 0. The number of nitro groups is 1. The van der Waals surface area contributed by atoms with Crippen molar-refractivity contribution in [1.82, 2.24) is 0 Å². The zero-order valence-corrected chi connectivity index (χ0v) is 10.2. The Morgan fingerprint density at radius 3 is 2.05 bits per heavy atom. The van der Waals surface area contributed by atoms with Gasteiger partial charge in [0.25, 0.3) is 0 Å². The van der Waals surface area contributed by atoms with Crippen molar-refractivity contribution < 1.29 is 9.72 Å². The molecule has 4 heteroatoms. The number of hydrogen-bond donors (Lipinski definition) is 0. The van der Waals surface area contributed by atoms with E-state index in [1.807, 2.05) is 0 Å². The highest BCUT2D eigenvalue weighted by molar-refractivity contribution is 5.96. The van der Waals surface area contributed by atoms with Gasteiger partial charge in [0, 0.05) is 16.1 Å². The van der Waals surface area contributed by atoms with Crippen molar-refractivity contribution in [1.29, 1.82) is 0 Å². The summed E-state index contributed by atoms with van der Waals surface area (Å²) in [6, 6.07) is 16.3. The van der Waals surface area contributed by atoms with Gasteiger partial charge in [-0.05, 0) is 0 Å². The van der Waals surface area contributed by atoms with Crippen molar-refractivity contribution in [2.75, 3.05) is 0 Å².